The number of aryl methyl sites for hydroxylation is 1. The Morgan fingerprint density at radius 2 is 2.00 bits per heavy atom. The van der Waals surface area contributed by atoms with E-state index < -0.39 is 0 Å². The first-order valence-electron chi connectivity index (χ1n) is 7.09. The molecule has 3 rings (SSSR count). The van der Waals surface area contributed by atoms with Gasteiger partial charge < -0.3 is 14.3 Å². The molecule has 4 nitrogen and oxygen atoms in total. The highest BCUT2D eigenvalue weighted by atomic mass is 16.3. The van der Waals surface area contributed by atoms with E-state index in [2.05, 4.69) is 41.5 Å². The minimum absolute atomic E-state index is 0.201. The van der Waals surface area contributed by atoms with E-state index in [1.165, 1.54) is 5.56 Å². The lowest BCUT2D eigenvalue weighted by Crippen LogP contribution is -2.17. The number of furan rings is 1. The first kappa shape index (κ1) is 13.6. The SMILES string of the molecule is Cc1ccc([C@H](C)NCc2ccc(-n3ccnc3)cc2)o1. The highest BCUT2D eigenvalue weighted by Crippen LogP contribution is 2.16. The van der Waals surface area contributed by atoms with Crippen LogP contribution in [0.4, 0.5) is 0 Å². The smallest absolute Gasteiger partial charge is 0.120 e. The Bertz CT molecular complexity index is 683. The molecule has 0 aliphatic heterocycles. The second-order valence-corrected chi connectivity index (χ2v) is 5.19. The number of nitrogens with zero attached hydrogens (tertiary/aromatic N) is 2. The molecule has 0 aliphatic carbocycles. The number of nitrogens with one attached hydrogen (secondary N) is 1. The fourth-order valence-corrected chi connectivity index (χ4v) is 2.26. The van der Waals surface area contributed by atoms with Crippen molar-refractivity contribution < 1.29 is 4.42 Å². The lowest BCUT2D eigenvalue weighted by Gasteiger charge is -2.12. The van der Waals surface area contributed by atoms with Crippen molar-refractivity contribution in [3.05, 3.63) is 72.2 Å². The van der Waals surface area contributed by atoms with Crippen LogP contribution in [0.1, 0.15) is 30.0 Å². The molecule has 3 aromatic rings. The van der Waals surface area contributed by atoms with Crippen molar-refractivity contribution in [2.45, 2.75) is 26.4 Å². The zero-order chi connectivity index (χ0) is 14.7. The molecule has 108 valence electrons. The van der Waals surface area contributed by atoms with Gasteiger partial charge in [-0.1, -0.05) is 12.1 Å². The molecule has 2 aromatic heterocycles. The highest BCUT2D eigenvalue weighted by Gasteiger charge is 2.08. The Morgan fingerprint density at radius 3 is 2.62 bits per heavy atom. The molecule has 0 amide bonds. The molecule has 1 atom stereocenters. The van der Waals surface area contributed by atoms with E-state index in [9.17, 15) is 0 Å². The molecule has 0 unspecified atom stereocenters. The van der Waals surface area contributed by atoms with E-state index in [1.54, 1.807) is 12.5 Å². The van der Waals surface area contributed by atoms with Gasteiger partial charge in [0.2, 0.25) is 0 Å². The average Bonchev–Trinajstić information content (AvgIpc) is 3.16. The van der Waals surface area contributed by atoms with Crippen LogP contribution in [0.25, 0.3) is 5.69 Å². The number of imidazole rings is 1. The molecule has 21 heavy (non-hydrogen) atoms. The Morgan fingerprint density at radius 1 is 1.19 bits per heavy atom. The molecule has 1 aromatic carbocycles. The van der Waals surface area contributed by atoms with Crippen LogP contribution in [0.2, 0.25) is 0 Å². The normalized spacial score (nSPS) is 12.5. The topological polar surface area (TPSA) is 43.0 Å². The molecule has 0 saturated heterocycles. The maximum atomic E-state index is 5.63. The number of hydrogen-bond donors (Lipinski definition) is 1. The van der Waals surface area contributed by atoms with Crippen LogP contribution in [0, 0.1) is 6.92 Å². The zero-order valence-electron chi connectivity index (χ0n) is 12.3. The van der Waals surface area contributed by atoms with Crippen LogP contribution in [0.5, 0.6) is 0 Å². The fraction of sp³-hybridized carbons (Fsp3) is 0.235. The summed E-state index contributed by atoms with van der Waals surface area (Å²) in [5, 5.41) is 3.47. The third-order valence-corrected chi connectivity index (χ3v) is 3.54. The zero-order valence-corrected chi connectivity index (χ0v) is 12.3. The van der Waals surface area contributed by atoms with Crippen LogP contribution >= 0.6 is 0 Å². The van der Waals surface area contributed by atoms with Gasteiger partial charge in [0.25, 0.3) is 0 Å². The molecule has 2 heterocycles. The lowest BCUT2D eigenvalue weighted by molar-refractivity contribution is 0.416. The molecule has 0 fully saturated rings. The van der Waals surface area contributed by atoms with Gasteiger partial charge in [-0.05, 0) is 43.7 Å². The Labute approximate surface area is 124 Å². The lowest BCUT2D eigenvalue weighted by atomic mass is 10.2. The summed E-state index contributed by atoms with van der Waals surface area (Å²) >= 11 is 0. The standard InChI is InChI=1S/C17H19N3O/c1-13-3-8-17(21-13)14(2)19-11-15-4-6-16(7-5-15)20-10-9-18-12-20/h3-10,12,14,19H,11H2,1-2H3/t14-/m0/s1. The van der Waals surface area contributed by atoms with Crippen LogP contribution in [0.3, 0.4) is 0 Å². The van der Waals surface area contributed by atoms with E-state index in [0.29, 0.717) is 0 Å². The van der Waals surface area contributed by atoms with Crippen molar-refractivity contribution in [1.82, 2.24) is 14.9 Å². The molecule has 1 N–H and O–H groups in total. The number of hydrogen-bond acceptors (Lipinski definition) is 3. The van der Waals surface area contributed by atoms with Crippen LogP contribution in [-0.4, -0.2) is 9.55 Å². The summed E-state index contributed by atoms with van der Waals surface area (Å²) in [4.78, 5) is 4.06. The summed E-state index contributed by atoms with van der Waals surface area (Å²) in [5.74, 6) is 1.92. The maximum absolute atomic E-state index is 5.63. The van der Waals surface area contributed by atoms with Crippen LogP contribution in [0.15, 0.2) is 59.5 Å². The van der Waals surface area contributed by atoms with Gasteiger partial charge >= 0.3 is 0 Å². The molecule has 0 spiro atoms. The van der Waals surface area contributed by atoms with Crippen LogP contribution < -0.4 is 5.32 Å². The summed E-state index contributed by atoms with van der Waals surface area (Å²) in [6, 6.07) is 12.7. The summed E-state index contributed by atoms with van der Waals surface area (Å²) in [5.41, 5.74) is 2.36. The van der Waals surface area contributed by atoms with Gasteiger partial charge in [-0.3, -0.25) is 0 Å². The number of aromatic nitrogens is 2. The predicted molar refractivity (Wildman–Crippen MR) is 82.3 cm³/mol. The molecule has 0 aliphatic rings. The van der Waals surface area contributed by atoms with Crippen molar-refractivity contribution in [2.75, 3.05) is 0 Å². The first-order chi connectivity index (χ1) is 10.2. The second-order valence-electron chi connectivity index (χ2n) is 5.19. The van der Waals surface area contributed by atoms with E-state index in [-0.39, 0.29) is 6.04 Å². The predicted octanol–water partition coefficient (Wildman–Crippen LogP) is 3.62. The Hall–Kier alpha value is -2.33. The van der Waals surface area contributed by atoms with Crippen molar-refractivity contribution >= 4 is 0 Å². The summed E-state index contributed by atoms with van der Waals surface area (Å²) in [7, 11) is 0. The molecular weight excluding hydrogens is 262 g/mol. The summed E-state index contributed by atoms with van der Waals surface area (Å²) < 4.78 is 7.62. The van der Waals surface area contributed by atoms with Gasteiger partial charge in [-0.2, -0.15) is 0 Å². The largest absolute Gasteiger partial charge is 0.465 e. The third kappa shape index (κ3) is 3.23. The molecule has 0 bridgehead atoms. The van der Waals surface area contributed by atoms with Gasteiger partial charge in [0, 0.05) is 24.6 Å². The molecule has 4 heteroatoms. The molecular formula is C17H19N3O. The van der Waals surface area contributed by atoms with Gasteiger partial charge in [-0.25, -0.2) is 4.98 Å². The molecule has 0 radical (unpaired) electrons. The van der Waals surface area contributed by atoms with Crippen molar-refractivity contribution in [2.24, 2.45) is 0 Å². The Balaban J connectivity index is 1.61. The van der Waals surface area contributed by atoms with Crippen LogP contribution in [-0.2, 0) is 6.54 Å². The van der Waals surface area contributed by atoms with Gasteiger partial charge in [0.1, 0.15) is 11.5 Å². The van der Waals surface area contributed by atoms with Gasteiger partial charge in [-0.15, -0.1) is 0 Å². The van der Waals surface area contributed by atoms with E-state index >= 15 is 0 Å². The van der Waals surface area contributed by atoms with E-state index in [0.717, 1.165) is 23.8 Å². The van der Waals surface area contributed by atoms with E-state index in [1.807, 2.05) is 29.8 Å². The van der Waals surface area contributed by atoms with E-state index in [4.69, 9.17) is 4.42 Å². The van der Waals surface area contributed by atoms with Gasteiger partial charge in [0.05, 0.1) is 12.4 Å². The number of benzene rings is 1. The average molecular weight is 281 g/mol. The quantitative estimate of drug-likeness (QED) is 0.776. The first-order valence-corrected chi connectivity index (χ1v) is 7.09. The minimum Gasteiger partial charge on any atom is -0.465 e. The van der Waals surface area contributed by atoms with Crippen molar-refractivity contribution in [1.29, 1.82) is 0 Å². The molecule has 0 saturated carbocycles. The minimum atomic E-state index is 0.201. The highest BCUT2D eigenvalue weighted by molar-refractivity contribution is 5.34. The second kappa shape index (κ2) is 5.97. The van der Waals surface area contributed by atoms with Crippen molar-refractivity contribution in [3.63, 3.8) is 0 Å². The number of rotatable bonds is 5. The summed E-state index contributed by atoms with van der Waals surface area (Å²) in [6.45, 7) is 4.88. The monoisotopic (exact) mass is 281 g/mol. The third-order valence-electron chi connectivity index (χ3n) is 3.54. The maximum Gasteiger partial charge on any atom is 0.120 e. The Kier molecular flexibility index (Phi) is 3.88. The van der Waals surface area contributed by atoms with Gasteiger partial charge in [0.15, 0.2) is 0 Å². The summed E-state index contributed by atoms with van der Waals surface area (Å²) in [6.07, 6.45) is 5.52. The fourth-order valence-electron chi connectivity index (χ4n) is 2.26. The van der Waals surface area contributed by atoms with Crippen molar-refractivity contribution in [3.8, 4) is 5.69 Å².